The predicted octanol–water partition coefficient (Wildman–Crippen LogP) is -0.710. The first-order chi connectivity index (χ1) is 9.72. The molecule has 1 rings (SSSR count). The summed E-state index contributed by atoms with van der Waals surface area (Å²) < 4.78 is 9.23. The minimum Gasteiger partial charge on any atom is -0.448 e. The standard InChI is InChI=1S/C11H14NO8P/c1-5(18-10(17)11(21)19-6(2)13)9(16)20-12-7(14)3-4-8(12)15/h5,11H,3-4,21H2,1-2H3/t5-,11-/m0/s1. The topological polar surface area (TPSA) is 116 Å². The summed E-state index contributed by atoms with van der Waals surface area (Å²) in [5.41, 5.74) is 0. The maximum atomic E-state index is 11.6. The third-order valence-electron chi connectivity index (χ3n) is 2.34. The van der Waals surface area contributed by atoms with Crippen LogP contribution in [0.5, 0.6) is 0 Å². The summed E-state index contributed by atoms with van der Waals surface area (Å²) in [4.78, 5) is 60.8. The van der Waals surface area contributed by atoms with Crippen LogP contribution in [0, 0.1) is 0 Å². The number of hydroxylamine groups is 2. The summed E-state index contributed by atoms with van der Waals surface area (Å²) in [6, 6.07) is 0. The van der Waals surface area contributed by atoms with Gasteiger partial charge in [0, 0.05) is 19.8 Å². The van der Waals surface area contributed by atoms with Crippen molar-refractivity contribution in [3.05, 3.63) is 0 Å². The van der Waals surface area contributed by atoms with Crippen LogP contribution < -0.4 is 0 Å². The maximum Gasteiger partial charge on any atom is 0.373 e. The van der Waals surface area contributed by atoms with E-state index >= 15 is 0 Å². The highest BCUT2D eigenvalue weighted by molar-refractivity contribution is 7.19. The van der Waals surface area contributed by atoms with Crippen molar-refractivity contribution in [3.8, 4) is 0 Å². The van der Waals surface area contributed by atoms with Crippen molar-refractivity contribution in [2.75, 3.05) is 0 Å². The molecule has 1 fully saturated rings. The summed E-state index contributed by atoms with van der Waals surface area (Å²) in [6.45, 7) is 2.29. The van der Waals surface area contributed by atoms with Crippen LogP contribution in [-0.4, -0.2) is 46.7 Å². The van der Waals surface area contributed by atoms with Crippen LogP contribution in [0.2, 0.25) is 0 Å². The molecule has 0 N–H and O–H groups in total. The molecular weight excluding hydrogens is 305 g/mol. The number of esters is 2. The lowest BCUT2D eigenvalue weighted by Gasteiger charge is -2.18. The summed E-state index contributed by atoms with van der Waals surface area (Å²) in [5, 5.41) is 0.344. The second-order valence-electron chi connectivity index (χ2n) is 4.10. The van der Waals surface area contributed by atoms with Gasteiger partial charge in [0.25, 0.3) is 11.8 Å². The Morgan fingerprint density at radius 1 is 1.10 bits per heavy atom. The Balaban J connectivity index is 2.51. The van der Waals surface area contributed by atoms with Crippen LogP contribution in [0.15, 0.2) is 0 Å². The van der Waals surface area contributed by atoms with Crippen molar-refractivity contribution in [2.24, 2.45) is 0 Å². The lowest BCUT2D eigenvalue weighted by atomic mass is 10.4. The van der Waals surface area contributed by atoms with Crippen LogP contribution in [0.1, 0.15) is 26.7 Å². The number of carbonyl (C=O) groups is 5. The predicted molar refractivity (Wildman–Crippen MR) is 68.0 cm³/mol. The minimum atomic E-state index is -1.38. The molecular formula is C11H14NO8P. The lowest BCUT2D eigenvalue weighted by molar-refractivity contribution is -0.205. The second-order valence-corrected chi connectivity index (χ2v) is 4.71. The number of hydrogen-bond donors (Lipinski definition) is 0. The zero-order valence-electron chi connectivity index (χ0n) is 11.4. The Hall–Kier alpha value is -2.02. The fraction of sp³-hybridized carbons (Fsp3) is 0.545. The fourth-order valence-corrected chi connectivity index (χ4v) is 1.61. The molecule has 0 radical (unpaired) electrons. The first-order valence-corrected chi connectivity index (χ1v) is 6.60. The van der Waals surface area contributed by atoms with Crippen molar-refractivity contribution in [3.63, 3.8) is 0 Å². The smallest absolute Gasteiger partial charge is 0.373 e. The van der Waals surface area contributed by atoms with E-state index in [1.165, 1.54) is 6.92 Å². The van der Waals surface area contributed by atoms with Crippen LogP contribution in [0.4, 0.5) is 0 Å². The third-order valence-corrected chi connectivity index (χ3v) is 2.75. The quantitative estimate of drug-likeness (QED) is 0.371. The average Bonchev–Trinajstić information content (AvgIpc) is 2.69. The highest BCUT2D eigenvalue weighted by Gasteiger charge is 2.35. The Kier molecular flexibility index (Phi) is 5.78. The van der Waals surface area contributed by atoms with Gasteiger partial charge in [0.2, 0.25) is 5.85 Å². The van der Waals surface area contributed by atoms with E-state index in [0.29, 0.717) is 5.06 Å². The summed E-state index contributed by atoms with van der Waals surface area (Å²) in [6.07, 6.45) is -1.46. The van der Waals surface area contributed by atoms with Crippen molar-refractivity contribution in [2.45, 2.75) is 38.6 Å². The molecule has 0 saturated carbocycles. The van der Waals surface area contributed by atoms with Gasteiger partial charge in [-0.2, -0.15) is 0 Å². The molecule has 116 valence electrons. The number of ether oxygens (including phenoxy) is 2. The van der Waals surface area contributed by atoms with E-state index in [0.717, 1.165) is 6.92 Å². The third kappa shape index (κ3) is 4.78. The van der Waals surface area contributed by atoms with Gasteiger partial charge in [-0.3, -0.25) is 14.4 Å². The molecule has 10 heteroatoms. The van der Waals surface area contributed by atoms with Gasteiger partial charge in [0.1, 0.15) is 0 Å². The highest BCUT2D eigenvalue weighted by Crippen LogP contribution is 2.14. The molecule has 0 aromatic heterocycles. The molecule has 0 aliphatic carbocycles. The van der Waals surface area contributed by atoms with Crippen LogP contribution in [0.25, 0.3) is 0 Å². The van der Waals surface area contributed by atoms with Crippen molar-refractivity contribution >= 4 is 39.0 Å². The SMILES string of the molecule is CC(=O)O[C@@H](P)C(=O)O[C@@H](C)C(=O)ON1C(=O)CCC1=O. The average molecular weight is 319 g/mol. The van der Waals surface area contributed by atoms with E-state index in [9.17, 15) is 24.0 Å². The minimum absolute atomic E-state index is 0.0413. The zero-order chi connectivity index (χ0) is 16.2. The van der Waals surface area contributed by atoms with Gasteiger partial charge in [0.15, 0.2) is 6.10 Å². The van der Waals surface area contributed by atoms with Crippen LogP contribution in [0.3, 0.4) is 0 Å². The first kappa shape index (κ1) is 17.0. The fourth-order valence-electron chi connectivity index (χ4n) is 1.34. The number of nitrogens with zero attached hydrogens (tertiary/aromatic N) is 1. The zero-order valence-corrected chi connectivity index (χ0v) is 12.5. The van der Waals surface area contributed by atoms with Crippen molar-refractivity contribution in [1.82, 2.24) is 5.06 Å². The van der Waals surface area contributed by atoms with Gasteiger partial charge in [-0.05, 0) is 6.92 Å². The van der Waals surface area contributed by atoms with Gasteiger partial charge in [-0.15, -0.1) is 5.06 Å². The normalized spacial score (nSPS) is 17.2. The van der Waals surface area contributed by atoms with Gasteiger partial charge in [-0.1, -0.05) is 9.24 Å². The molecule has 0 aromatic carbocycles. The van der Waals surface area contributed by atoms with Gasteiger partial charge in [0.05, 0.1) is 0 Å². The number of hydrogen-bond acceptors (Lipinski definition) is 8. The van der Waals surface area contributed by atoms with Crippen LogP contribution >= 0.6 is 9.24 Å². The van der Waals surface area contributed by atoms with Gasteiger partial charge >= 0.3 is 17.9 Å². The molecule has 0 bridgehead atoms. The molecule has 0 aromatic rings. The Morgan fingerprint density at radius 3 is 2.10 bits per heavy atom. The molecule has 1 aliphatic rings. The molecule has 1 aliphatic heterocycles. The van der Waals surface area contributed by atoms with E-state index in [1.54, 1.807) is 0 Å². The van der Waals surface area contributed by atoms with Crippen molar-refractivity contribution < 1.29 is 38.3 Å². The lowest BCUT2D eigenvalue weighted by Crippen LogP contribution is -2.38. The van der Waals surface area contributed by atoms with E-state index < -0.39 is 41.7 Å². The Morgan fingerprint density at radius 2 is 1.62 bits per heavy atom. The molecule has 3 atom stereocenters. The van der Waals surface area contributed by atoms with E-state index in [4.69, 9.17) is 4.74 Å². The van der Waals surface area contributed by atoms with E-state index in [2.05, 4.69) is 9.57 Å². The highest BCUT2D eigenvalue weighted by atomic mass is 31.0. The molecule has 1 unspecified atom stereocenters. The van der Waals surface area contributed by atoms with Gasteiger partial charge in [-0.25, -0.2) is 9.59 Å². The van der Waals surface area contributed by atoms with Crippen LogP contribution in [-0.2, 0) is 38.3 Å². The number of imide groups is 1. The molecule has 0 spiro atoms. The molecule has 1 saturated heterocycles. The summed E-state index contributed by atoms with van der Waals surface area (Å²) >= 11 is 0. The van der Waals surface area contributed by atoms with E-state index in [1.807, 2.05) is 9.24 Å². The molecule has 2 amide bonds. The number of rotatable bonds is 5. The number of carbonyl (C=O) groups excluding carboxylic acids is 5. The largest absolute Gasteiger partial charge is 0.448 e. The summed E-state index contributed by atoms with van der Waals surface area (Å²) in [5.74, 6) is -5.33. The van der Waals surface area contributed by atoms with Gasteiger partial charge < -0.3 is 14.3 Å². The molecule has 1 heterocycles. The number of amides is 2. The Bertz CT molecular complexity index is 475. The van der Waals surface area contributed by atoms with Crippen molar-refractivity contribution in [1.29, 1.82) is 0 Å². The molecule has 9 nitrogen and oxygen atoms in total. The maximum absolute atomic E-state index is 11.6. The first-order valence-electron chi connectivity index (χ1n) is 5.93. The monoisotopic (exact) mass is 319 g/mol. The second kappa shape index (κ2) is 7.12. The Labute approximate surface area is 122 Å². The van der Waals surface area contributed by atoms with E-state index in [-0.39, 0.29) is 12.8 Å². The summed E-state index contributed by atoms with van der Waals surface area (Å²) in [7, 11) is 1.93. The molecule has 21 heavy (non-hydrogen) atoms.